The summed E-state index contributed by atoms with van der Waals surface area (Å²) in [7, 11) is 0. The molecule has 0 amide bonds. The van der Waals surface area contributed by atoms with Gasteiger partial charge in [0.25, 0.3) is 0 Å². The average Bonchev–Trinajstić information content (AvgIpc) is 3.07. The van der Waals surface area contributed by atoms with Crippen LogP contribution in [0.3, 0.4) is 0 Å². The summed E-state index contributed by atoms with van der Waals surface area (Å²) in [4.78, 5) is 22.3. The lowest BCUT2D eigenvalue weighted by Crippen LogP contribution is -2.06. The first-order chi connectivity index (χ1) is 12.3. The zero-order valence-electron chi connectivity index (χ0n) is 12.7. The number of hydrogen-bond acceptors (Lipinski definition) is 8. The highest BCUT2D eigenvalue weighted by atomic mass is 32.1. The maximum absolute atomic E-state index is 12.6. The van der Waals surface area contributed by atoms with Crippen LogP contribution in [0.4, 0.5) is 41.3 Å². The molecule has 2 aromatic heterocycles. The third-order valence-electron chi connectivity index (χ3n) is 3.14. The molecule has 0 aliphatic carbocycles. The van der Waals surface area contributed by atoms with E-state index in [1.165, 1.54) is 17.5 Å². The van der Waals surface area contributed by atoms with Crippen molar-refractivity contribution in [2.24, 2.45) is 0 Å². The Kier molecular flexibility index (Phi) is 4.67. The van der Waals surface area contributed by atoms with Gasteiger partial charge in [0.15, 0.2) is 5.13 Å². The number of halogens is 3. The van der Waals surface area contributed by atoms with Crippen LogP contribution in [0.1, 0.15) is 5.56 Å². The van der Waals surface area contributed by atoms with Crippen LogP contribution in [-0.4, -0.2) is 19.9 Å². The summed E-state index contributed by atoms with van der Waals surface area (Å²) < 4.78 is 37.8. The fraction of sp³-hybridized carbons (Fsp3) is 0.0714. The van der Waals surface area contributed by atoms with E-state index in [2.05, 4.69) is 25.6 Å². The van der Waals surface area contributed by atoms with Crippen LogP contribution in [0.25, 0.3) is 0 Å². The Hall–Kier alpha value is -3.28. The molecule has 1 aromatic carbocycles. The quantitative estimate of drug-likeness (QED) is 0.499. The lowest BCUT2D eigenvalue weighted by Gasteiger charge is -2.10. The maximum atomic E-state index is 12.6. The van der Waals surface area contributed by atoms with Gasteiger partial charge in [-0.25, -0.2) is 15.0 Å². The Morgan fingerprint density at radius 3 is 2.23 bits per heavy atom. The molecule has 8 nitrogen and oxygen atoms in total. The molecule has 134 valence electrons. The minimum Gasteiger partial charge on any atom is -0.334 e. The third kappa shape index (κ3) is 3.85. The lowest BCUT2D eigenvalue weighted by molar-refractivity contribution is -0.383. The number of nitrogens with one attached hydrogen (secondary N) is 2. The van der Waals surface area contributed by atoms with Crippen molar-refractivity contribution in [1.82, 2.24) is 15.0 Å². The molecule has 3 rings (SSSR count). The van der Waals surface area contributed by atoms with Gasteiger partial charge in [0, 0.05) is 17.3 Å². The summed E-state index contributed by atoms with van der Waals surface area (Å²) in [6.07, 6.45) is -1.86. The molecule has 26 heavy (non-hydrogen) atoms. The normalized spacial score (nSPS) is 11.2. The van der Waals surface area contributed by atoms with Crippen molar-refractivity contribution in [3.63, 3.8) is 0 Å². The van der Waals surface area contributed by atoms with E-state index in [9.17, 15) is 23.3 Å². The fourth-order valence-corrected chi connectivity index (χ4v) is 2.53. The Bertz CT molecular complexity index is 915. The molecule has 0 spiro atoms. The summed E-state index contributed by atoms with van der Waals surface area (Å²) in [5.41, 5.74) is -1.08. The van der Waals surface area contributed by atoms with E-state index in [1.807, 2.05) is 0 Å². The van der Waals surface area contributed by atoms with Gasteiger partial charge >= 0.3 is 11.9 Å². The minimum atomic E-state index is -4.47. The van der Waals surface area contributed by atoms with Crippen molar-refractivity contribution in [2.45, 2.75) is 6.18 Å². The monoisotopic (exact) mass is 382 g/mol. The summed E-state index contributed by atoms with van der Waals surface area (Å²) in [6.45, 7) is 0. The molecule has 0 saturated heterocycles. The largest absolute Gasteiger partial charge is 0.416 e. The van der Waals surface area contributed by atoms with E-state index in [0.717, 1.165) is 30.6 Å². The molecule has 2 heterocycles. The second-order valence-corrected chi connectivity index (χ2v) is 5.73. The van der Waals surface area contributed by atoms with Crippen molar-refractivity contribution >= 4 is 39.5 Å². The Morgan fingerprint density at radius 2 is 1.69 bits per heavy atom. The molecular weight excluding hydrogens is 373 g/mol. The summed E-state index contributed by atoms with van der Waals surface area (Å²) >= 11 is 1.22. The third-order valence-corrected chi connectivity index (χ3v) is 3.83. The zero-order chi connectivity index (χ0) is 18.7. The van der Waals surface area contributed by atoms with Crippen LogP contribution in [0.5, 0.6) is 0 Å². The van der Waals surface area contributed by atoms with Gasteiger partial charge in [0.05, 0.1) is 10.5 Å². The molecule has 0 aliphatic heterocycles. The van der Waals surface area contributed by atoms with Gasteiger partial charge in [0.1, 0.15) is 6.33 Å². The van der Waals surface area contributed by atoms with E-state index < -0.39 is 22.4 Å². The van der Waals surface area contributed by atoms with Crippen LogP contribution < -0.4 is 10.6 Å². The number of thiazole rings is 1. The van der Waals surface area contributed by atoms with Gasteiger partial charge < -0.3 is 10.6 Å². The van der Waals surface area contributed by atoms with Gasteiger partial charge in [-0.15, -0.1) is 11.3 Å². The number of nitro groups is 1. The van der Waals surface area contributed by atoms with E-state index in [-0.39, 0.29) is 17.3 Å². The molecule has 3 aromatic rings. The van der Waals surface area contributed by atoms with Gasteiger partial charge in [-0.3, -0.25) is 10.1 Å². The first kappa shape index (κ1) is 17.5. The Labute approximate surface area is 147 Å². The number of hydrogen-bond donors (Lipinski definition) is 2. The van der Waals surface area contributed by atoms with Gasteiger partial charge in [-0.05, 0) is 24.3 Å². The molecular formula is C14H9F3N6O2S. The Morgan fingerprint density at radius 1 is 1.04 bits per heavy atom. The summed E-state index contributed by atoms with van der Waals surface area (Å²) in [6, 6.07) is 4.04. The molecule has 0 unspecified atom stereocenters. The van der Waals surface area contributed by atoms with Crippen LogP contribution in [0.15, 0.2) is 42.2 Å². The Balaban J connectivity index is 1.91. The number of aromatic nitrogens is 3. The minimum absolute atomic E-state index is 0.0886. The molecule has 2 N–H and O–H groups in total. The van der Waals surface area contributed by atoms with E-state index >= 15 is 0 Å². The molecule has 0 aliphatic rings. The second kappa shape index (κ2) is 6.92. The number of alkyl halides is 3. The van der Waals surface area contributed by atoms with E-state index in [1.54, 1.807) is 5.38 Å². The molecule has 0 saturated carbocycles. The van der Waals surface area contributed by atoms with Crippen molar-refractivity contribution in [1.29, 1.82) is 0 Å². The summed E-state index contributed by atoms with van der Waals surface area (Å²) in [5, 5.41) is 18.8. The van der Waals surface area contributed by atoms with Crippen molar-refractivity contribution in [3.8, 4) is 0 Å². The van der Waals surface area contributed by atoms with Crippen LogP contribution in [-0.2, 0) is 6.18 Å². The molecule has 0 fully saturated rings. The standard InChI is InChI=1S/C14H9F3N6O2S/c15-14(16,17)8-1-3-9(4-2-8)21-11-10(23(24)25)12(20-7-19-11)22-13-18-5-6-26-13/h1-7H,(H2,18,19,20,21,22). The van der Waals surface area contributed by atoms with Gasteiger partial charge in [-0.2, -0.15) is 13.2 Å². The first-order valence-corrected chi connectivity index (χ1v) is 7.83. The van der Waals surface area contributed by atoms with Crippen molar-refractivity contribution in [3.05, 3.63) is 57.8 Å². The van der Waals surface area contributed by atoms with E-state index in [4.69, 9.17) is 0 Å². The predicted octanol–water partition coefficient (Wildman–Crippen LogP) is 4.35. The van der Waals surface area contributed by atoms with Crippen LogP contribution in [0, 0.1) is 10.1 Å². The lowest BCUT2D eigenvalue weighted by atomic mass is 10.2. The first-order valence-electron chi connectivity index (χ1n) is 6.95. The highest BCUT2D eigenvalue weighted by Gasteiger charge is 2.30. The molecule has 0 bridgehead atoms. The highest BCUT2D eigenvalue weighted by Crippen LogP contribution is 2.34. The molecule has 0 atom stereocenters. The van der Waals surface area contributed by atoms with Crippen LogP contribution >= 0.6 is 11.3 Å². The smallest absolute Gasteiger partial charge is 0.334 e. The van der Waals surface area contributed by atoms with Crippen LogP contribution in [0.2, 0.25) is 0 Å². The average molecular weight is 382 g/mol. The number of rotatable bonds is 5. The fourth-order valence-electron chi connectivity index (χ4n) is 2.00. The van der Waals surface area contributed by atoms with Gasteiger partial charge in [0.2, 0.25) is 11.6 Å². The molecule has 0 radical (unpaired) electrons. The number of nitrogens with zero attached hydrogens (tertiary/aromatic N) is 4. The molecule has 12 heteroatoms. The highest BCUT2D eigenvalue weighted by molar-refractivity contribution is 7.13. The topological polar surface area (TPSA) is 106 Å². The van der Waals surface area contributed by atoms with Gasteiger partial charge in [-0.1, -0.05) is 0 Å². The second-order valence-electron chi connectivity index (χ2n) is 4.84. The predicted molar refractivity (Wildman–Crippen MR) is 88.8 cm³/mol. The summed E-state index contributed by atoms with van der Waals surface area (Å²) in [5.74, 6) is -0.252. The van der Waals surface area contributed by atoms with E-state index in [0.29, 0.717) is 5.13 Å². The maximum Gasteiger partial charge on any atom is 0.416 e. The number of benzene rings is 1. The number of anilines is 4. The zero-order valence-corrected chi connectivity index (χ0v) is 13.5. The van der Waals surface area contributed by atoms with Crippen molar-refractivity contribution in [2.75, 3.05) is 10.6 Å². The van der Waals surface area contributed by atoms with Crippen molar-refractivity contribution < 1.29 is 18.1 Å². The SMILES string of the molecule is O=[N+]([O-])c1c(Nc2ccc(C(F)(F)F)cc2)ncnc1Nc1nccs1.